The molecule has 19 heavy (non-hydrogen) atoms. The van der Waals surface area contributed by atoms with Crippen LogP contribution in [0.3, 0.4) is 0 Å². The Bertz CT molecular complexity index is 504. The Morgan fingerprint density at radius 3 is 3.05 bits per heavy atom. The van der Waals surface area contributed by atoms with Crippen LogP contribution in [0.15, 0.2) is 18.2 Å². The molecule has 3 aliphatic rings. The summed E-state index contributed by atoms with van der Waals surface area (Å²) >= 11 is 0. The zero-order valence-electron chi connectivity index (χ0n) is 11.4. The van der Waals surface area contributed by atoms with Gasteiger partial charge in [-0.15, -0.1) is 17.0 Å². The molecule has 2 bridgehead atoms. The van der Waals surface area contributed by atoms with Gasteiger partial charge in [0.15, 0.2) is 0 Å². The standard InChI is InChI=1S/C16H21NO.BrH/c1-16-5-4-10-6-14(16)15(17-9-10)7-11-2-3-12(18)8-13(11)16;/h2-3,8,10,14-15,17-18H,4-7,9H2,1H3;1H/t10?,14?,15?,16-;/m1./s1. The van der Waals surface area contributed by atoms with Gasteiger partial charge in [0.05, 0.1) is 0 Å². The van der Waals surface area contributed by atoms with E-state index >= 15 is 0 Å². The van der Waals surface area contributed by atoms with Crippen molar-refractivity contribution in [2.24, 2.45) is 11.8 Å². The van der Waals surface area contributed by atoms with E-state index in [1.165, 1.54) is 36.9 Å². The van der Waals surface area contributed by atoms with E-state index in [1.807, 2.05) is 12.1 Å². The molecule has 1 aliphatic heterocycles. The van der Waals surface area contributed by atoms with Gasteiger partial charge in [0.25, 0.3) is 0 Å². The van der Waals surface area contributed by atoms with Crippen molar-refractivity contribution in [3.05, 3.63) is 29.3 Å². The minimum absolute atomic E-state index is 0. The molecule has 0 aromatic heterocycles. The van der Waals surface area contributed by atoms with E-state index in [4.69, 9.17) is 0 Å². The van der Waals surface area contributed by atoms with Crippen molar-refractivity contribution in [1.29, 1.82) is 0 Å². The number of rotatable bonds is 0. The van der Waals surface area contributed by atoms with E-state index < -0.39 is 0 Å². The van der Waals surface area contributed by atoms with Gasteiger partial charge in [-0.1, -0.05) is 13.0 Å². The first-order valence-electron chi connectivity index (χ1n) is 7.22. The molecule has 0 spiro atoms. The molecule has 1 heterocycles. The predicted octanol–water partition coefficient (Wildman–Crippen LogP) is 3.17. The van der Waals surface area contributed by atoms with Crippen molar-refractivity contribution in [1.82, 2.24) is 5.32 Å². The lowest BCUT2D eigenvalue weighted by molar-refractivity contribution is 0.0626. The molecule has 104 valence electrons. The molecule has 1 saturated heterocycles. The van der Waals surface area contributed by atoms with Crippen LogP contribution in [0.5, 0.6) is 5.75 Å². The summed E-state index contributed by atoms with van der Waals surface area (Å²) in [4.78, 5) is 0. The summed E-state index contributed by atoms with van der Waals surface area (Å²) in [5.41, 5.74) is 3.15. The first kappa shape index (κ1) is 13.4. The molecule has 2 nitrogen and oxygen atoms in total. The first-order chi connectivity index (χ1) is 8.67. The van der Waals surface area contributed by atoms with E-state index in [9.17, 15) is 5.11 Å². The zero-order valence-corrected chi connectivity index (χ0v) is 13.1. The number of hydrogen-bond donors (Lipinski definition) is 2. The third-order valence-electron chi connectivity index (χ3n) is 5.78. The van der Waals surface area contributed by atoms with Crippen molar-refractivity contribution < 1.29 is 5.11 Å². The molecule has 3 heteroatoms. The average molecular weight is 324 g/mol. The number of piperidine rings is 1. The smallest absolute Gasteiger partial charge is 0.115 e. The lowest BCUT2D eigenvalue weighted by Crippen LogP contribution is -2.59. The summed E-state index contributed by atoms with van der Waals surface area (Å²) in [5, 5.41) is 13.6. The Kier molecular flexibility index (Phi) is 3.18. The fourth-order valence-corrected chi connectivity index (χ4v) is 4.74. The number of aromatic hydroxyl groups is 1. The number of phenolic OH excluding ortho intramolecular Hbond substituents is 1. The number of fused-ring (bicyclic) bond motifs is 3. The van der Waals surface area contributed by atoms with Gasteiger partial charge in [-0.05, 0) is 72.7 Å². The molecule has 3 unspecified atom stereocenters. The minimum atomic E-state index is 0. The van der Waals surface area contributed by atoms with Crippen LogP contribution in [-0.2, 0) is 11.8 Å². The van der Waals surface area contributed by atoms with E-state index in [1.54, 1.807) is 0 Å². The Hall–Kier alpha value is -0.540. The van der Waals surface area contributed by atoms with Crippen LogP contribution in [0, 0.1) is 11.8 Å². The van der Waals surface area contributed by atoms with Crippen molar-refractivity contribution >= 4 is 17.0 Å². The summed E-state index contributed by atoms with van der Waals surface area (Å²) in [5.74, 6) is 2.08. The molecule has 2 fully saturated rings. The van der Waals surface area contributed by atoms with Crippen LogP contribution < -0.4 is 5.32 Å². The van der Waals surface area contributed by atoms with Crippen LogP contribution in [0.1, 0.15) is 37.3 Å². The lowest BCUT2D eigenvalue weighted by atomic mass is 9.53. The Balaban J connectivity index is 0.00000110. The van der Waals surface area contributed by atoms with Crippen molar-refractivity contribution in [2.45, 2.75) is 44.1 Å². The largest absolute Gasteiger partial charge is 0.508 e. The highest BCUT2D eigenvalue weighted by atomic mass is 79.9. The summed E-state index contributed by atoms with van der Waals surface area (Å²) in [6.07, 6.45) is 5.14. The molecule has 0 amide bonds. The fourth-order valence-electron chi connectivity index (χ4n) is 4.74. The van der Waals surface area contributed by atoms with E-state index in [0.717, 1.165) is 18.3 Å². The normalized spacial score (nSPS) is 39.1. The molecular weight excluding hydrogens is 302 g/mol. The Morgan fingerprint density at radius 1 is 1.37 bits per heavy atom. The second kappa shape index (κ2) is 4.49. The minimum Gasteiger partial charge on any atom is -0.508 e. The number of nitrogens with one attached hydrogen (secondary N) is 1. The third kappa shape index (κ3) is 1.85. The number of benzene rings is 1. The number of halogens is 1. The van der Waals surface area contributed by atoms with E-state index in [-0.39, 0.29) is 22.4 Å². The molecule has 2 aliphatic carbocycles. The maximum atomic E-state index is 9.81. The zero-order chi connectivity index (χ0) is 12.3. The van der Waals surface area contributed by atoms with Gasteiger partial charge in [0, 0.05) is 6.04 Å². The van der Waals surface area contributed by atoms with Crippen LogP contribution in [0.2, 0.25) is 0 Å². The molecule has 1 saturated carbocycles. The SMILES string of the molecule is Br.C[C@@]12CCC3CNC(Cc4ccc(O)cc41)C2C3. The van der Waals surface area contributed by atoms with Crippen LogP contribution in [0.25, 0.3) is 0 Å². The molecule has 1 aromatic carbocycles. The second-order valence-electron chi connectivity index (χ2n) is 6.72. The fraction of sp³-hybridized carbons (Fsp3) is 0.625. The van der Waals surface area contributed by atoms with Gasteiger partial charge in [-0.25, -0.2) is 0 Å². The molecule has 1 aromatic rings. The average Bonchev–Trinajstić information content (AvgIpc) is 2.38. The van der Waals surface area contributed by atoms with Gasteiger partial charge in [0.1, 0.15) is 5.75 Å². The quantitative estimate of drug-likeness (QED) is 0.768. The van der Waals surface area contributed by atoms with E-state index in [2.05, 4.69) is 18.3 Å². The Morgan fingerprint density at radius 2 is 2.21 bits per heavy atom. The highest BCUT2D eigenvalue weighted by Gasteiger charge is 2.50. The van der Waals surface area contributed by atoms with Gasteiger partial charge in [-0.3, -0.25) is 0 Å². The molecule has 4 rings (SSSR count). The first-order valence-corrected chi connectivity index (χ1v) is 7.22. The molecule has 0 radical (unpaired) electrons. The number of hydrogen-bond acceptors (Lipinski definition) is 2. The summed E-state index contributed by atoms with van der Waals surface area (Å²) in [6.45, 7) is 3.63. The van der Waals surface area contributed by atoms with Gasteiger partial charge >= 0.3 is 0 Å². The predicted molar refractivity (Wildman–Crippen MR) is 82.1 cm³/mol. The summed E-state index contributed by atoms with van der Waals surface area (Å²) in [6, 6.07) is 6.66. The molecule has 2 N–H and O–H groups in total. The maximum Gasteiger partial charge on any atom is 0.115 e. The molecular formula is C16H22BrNO. The van der Waals surface area contributed by atoms with Crippen molar-refractivity contribution in [3.8, 4) is 5.75 Å². The Labute approximate surface area is 125 Å². The van der Waals surface area contributed by atoms with Crippen LogP contribution >= 0.6 is 17.0 Å². The number of phenols is 1. The van der Waals surface area contributed by atoms with Gasteiger partial charge in [0.2, 0.25) is 0 Å². The third-order valence-corrected chi connectivity index (χ3v) is 5.78. The van der Waals surface area contributed by atoms with E-state index in [0.29, 0.717) is 11.8 Å². The van der Waals surface area contributed by atoms with Crippen molar-refractivity contribution in [3.63, 3.8) is 0 Å². The summed E-state index contributed by atoms with van der Waals surface area (Å²) < 4.78 is 0. The van der Waals surface area contributed by atoms with Crippen LogP contribution in [0.4, 0.5) is 0 Å². The van der Waals surface area contributed by atoms with Gasteiger partial charge < -0.3 is 10.4 Å². The van der Waals surface area contributed by atoms with Gasteiger partial charge in [-0.2, -0.15) is 0 Å². The monoisotopic (exact) mass is 323 g/mol. The highest BCUT2D eigenvalue weighted by Crippen LogP contribution is 2.53. The maximum absolute atomic E-state index is 9.81. The lowest BCUT2D eigenvalue weighted by Gasteiger charge is -2.55. The summed E-state index contributed by atoms with van der Waals surface area (Å²) in [7, 11) is 0. The topological polar surface area (TPSA) is 32.3 Å². The molecule has 4 atom stereocenters. The highest BCUT2D eigenvalue weighted by molar-refractivity contribution is 8.93. The second-order valence-corrected chi connectivity index (χ2v) is 6.72. The van der Waals surface area contributed by atoms with Crippen molar-refractivity contribution in [2.75, 3.05) is 6.54 Å². The van der Waals surface area contributed by atoms with Crippen LogP contribution in [-0.4, -0.2) is 17.7 Å².